The van der Waals surface area contributed by atoms with Crippen LogP contribution in [0.2, 0.25) is 0 Å². The molecule has 3 rings (SSSR count). The molecule has 1 aliphatic heterocycles. The molecule has 2 amide bonds. The zero-order valence-electron chi connectivity index (χ0n) is 15.7. The van der Waals surface area contributed by atoms with E-state index in [0.717, 1.165) is 22.5 Å². The first-order chi connectivity index (χ1) is 12.5. The maximum absolute atomic E-state index is 12.9. The third-order valence-corrected chi connectivity index (χ3v) is 5.17. The summed E-state index contributed by atoms with van der Waals surface area (Å²) in [7, 11) is 1.92. The normalized spacial score (nSPS) is 17.3. The third-order valence-electron chi connectivity index (χ3n) is 5.17. The molecule has 26 heavy (non-hydrogen) atoms. The Morgan fingerprint density at radius 3 is 2.65 bits per heavy atom. The molecule has 1 fully saturated rings. The lowest BCUT2D eigenvalue weighted by Gasteiger charge is -2.35. The first-order valence-electron chi connectivity index (χ1n) is 9.07. The minimum Gasteiger partial charge on any atom is -0.353 e. The van der Waals surface area contributed by atoms with Gasteiger partial charge >= 0.3 is 0 Å². The SMILES string of the molecule is Cc1nn(C)c(C)c1CCC(=O)N1CCNC(=O)[C@H]1Cc1ccccc1. The van der Waals surface area contributed by atoms with E-state index in [9.17, 15) is 9.59 Å². The van der Waals surface area contributed by atoms with Gasteiger partial charge in [-0.1, -0.05) is 30.3 Å². The van der Waals surface area contributed by atoms with Gasteiger partial charge in [-0.05, 0) is 31.4 Å². The molecule has 1 aliphatic rings. The number of nitrogens with zero attached hydrogens (tertiary/aromatic N) is 3. The first kappa shape index (κ1) is 18.2. The average Bonchev–Trinajstić information content (AvgIpc) is 2.87. The van der Waals surface area contributed by atoms with E-state index < -0.39 is 6.04 Å². The van der Waals surface area contributed by atoms with Gasteiger partial charge in [-0.2, -0.15) is 5.10 Å². The number of piperazine rings is 1. The Balaban J connectivity index is 1.70. The van der Waals surface area contributed by atoms with E-state index in [1.165, 1.54) is 0 Å². The van der Waals surface area contributed by atoms with Crippen molar-refractivity contribution in [1.29, 1.82) is 0 Å². The van der Waals surface area contributed by atoms with E-state index in [2.05, 4.69) is 10.4 Å². The average molecular weight is 354 g/mol. The van der Waals surface area contributed by atoms with Gasteiger partial charge in [-0.15, -0.1) is 0 Å². The van der Waals surface area contributed by atoms with Crippen molar-refractivity contribution in [2.45, 2.75) is 39.2 Å². The number of hydrogen-bond acceptors (Lipinski definition) is 3. The molecule has 1 N–H and O–H groups in total. The van der Waals surface area contributed by atoms with Crippen LogP contribution in [-0.2, 0) is 29.5 Å². The molecule has 0 bridgehead atoms. The molecule has 2 heterocycles. The van der Waals surface area contributed by atoms with Gasteiger partial charge in [0, 0.05) is 38.7 Å². The Bertz CT molecular complexity index is 798. The number of aryl methyl sites for hydroxylation is 2. The monoisotopic (exact) mass is 354 g/mol. The first-order valence-corrected chi connectivity index (χ1v) is 9.07. The smallest absolute Gasteiger partial charge is 0.243 e. The van der Waals surface area contributed by atoms with Gasteiger partial charge in [-0.25, -0.2) is 0 Å². The second kappa shape index (κ2) is 7.72. The fourth-order valence-electron chi connectivity index (χ4n) is 3.61. The van der Waals surface area contributed by atoms with Crippen molar-refractivity contribution in [3.8, 4) is 0 Å². The van der Waals surface area contributed by atoms with Crippen LogP contribution in [0.5, 0.6) is 0 Å². The van der Waals surface area contributed by atoms with Crippen molar-refractivity contribution in [1.82, 2.24) is 20.0 Å². The molecule has 1 aromatic carbocycles. The highest BCUT2D eigenvalue weighted by Crippen LogP contribution is 2.17. The Kier molecular flexibility index (Phi) is 5.40. The van der Waals surface area contributed by atoms with E-state index in [1.807, 2.05) is 55.9 Å². The van der Waals surface area contributed by atoms with Crippen LogP contribution in [0.25, 0.3) is 0 Å². The molecular weight excluding hydrogens is 328 g/mol. The maximum Gasteiger partial charge on any atom is 0.243 e. The molecule has 1 saturated heterocycles. The lowest BCUT2D eigenvalue weighted by molar-refractivity contribution is -0.143. The van der Waals surface area contributed by atoms with Crippen LogP contribution >= 0.6 is 0 Å². The lowest BCUT2D eigenvalue weighted by atomic mass is 10.0. The summed E-state index contributed by atoms with van der Waals surface area (Å²) in [4.78, 5) is 27.0. The Morgan fingerprint density at radius 2 is 2.00 bits per heavy atom. The van der Waals surface area contributed by atoms with Crippen molar-refractivity contribution < 1.29 is 9.59 Å². The maximum atomic E-state index is 12.9. The van der Waals surface area contributed by atoms with Crippen molar-refractivity contribution in [3.63, 3.8) is 0 Å². The van der Waals surface area contributed by atoms with Crippen molar-refractivity contribution >= 4 is 11.8 Å². The molecule has 0 radical (unpaired) electrons. The highest BCUT2D eigenvalue weighted by molar-refractivity contribution is 5.89. The highest BCUT2D eigenvalue weighted by atomic mass is 16.2. The van der Waals surface area contributed by atoms with E-state index in [0.29, 0.717) is 32.4 Å². The zero-order chi connectivity index (χ0) is 18.7. The number of benzene rings is 1. The van der Waals surface area contributed by atoms with Gasteiger partial charge in [-0.3, -0.25) is 14.3 Å². The summed E-state index contributed by atoms with van der Waals surface area (Å²) in [6.07, 6.45) is 1.59. The Hall–Kier alpha value is -2.63. The second-order valence-electron chi connectivity index (χ2n) is 6.86. The molecule has 6 heteroatoms. The van der Waals surface area contributed by atoms with Crippen LogP contribution in [0.4, 0.5) is 0 Å². The molecule has 0 saturated carbocycles. The number of nitrogens with one attached hydrogen (secondary N) is 1. The van der Waals surface area contributed by atoms with Crippen LogP contribution in [0.1, 0.15) is 28.9 Å². The topological polar surface area (TPSA) is 67.2 Å². The fourth-order valence-corrected chi connectivity index (χ4v) is 3.61. The summed E-state index contributed by atoms with van der Waals surface area (Å²) in [6, 6.07) is 9.41. The number of rotatable bonds is 5. The second-order valence-corrected chi connectivity index (χ2v) is 6.86. The largest absolute Gasteiger partial charge is 0.353 e. The van der Waals surface area contributed by atoms with E-state index in [-0.39, 0.29) is 11.8 Å². The van der Waals surface area contributed by atoms with E-state index >= 15 is 0 Å². The van der Waals surface area contributed by atoms with Gasteiger partial charge in [0.05, 0.1) is 5.69 Å². The summed E-state index contributed by atoms with van der Waals surface area (Å²) in [6.45, 7) is 5.07. The van der Waals surface area contributed by atoms with Gasteiger partial charge in [0.2, 0.25) is 11.8 Å². The molecule has 138 valence electrons. The Morgan fingerprint density at radius 1 is 1.27 bits per heavy atom. The van der Waals surface area contributed by atoms with Crippen molar-refractivity contribution in [2.24, 2.45) is 7.05 Å². The predicted octanol–water partition coefficient (Wildman–Crippen LogP) is 1.54. The van der Waals surface area contributed by atoms with Crippen LogP contribution in [0.3, 0.4) is 0 Å². The van der Waals surface area contributed by atoms with Crippen LogP contribution < -0.4 is 5.32 Å². The Labute approximate surface area is 154 Å². The number of amides is 2. The molecule has 2 aromatic rings. The number of carbonyl (C=O) groups is 2. The molecule has 6 nitrogen and oxygen atoms in total. The van der Waals surface area contributed by atoms with Crippen molar-refractivity contribution in [2.75, 3.05) is 13.1 Å². The summed E-state index contributed by atoms with van der Waals surface area (Å²) in [5.41, 5.74) is 4.25. The van der Waals surface area contributed by atoms with Gasteiger partial charge in [0.15, 0.2) is 0 Å². The van der Waals surface area contributed by atoms with Gasteiger partial charge in [0.25, 0.3) is 0 Å². The fraction of sp³-hybridized carbons (Fsp3) is 0.450. The van der Waals surface area contributed by atoms with Gasteiger partial charge in [0.1, 0.15) is 6.04 Å². The molecular formula is C20H26N4O2. The van der Waals surface area contributed by atoms with Crippen LogP contribution in [0, 0.1) is 13.8 Å². The summed E-state index contributed by atoms with van der Waals surface area (Å²) in [5.74, 6) is -0.0365. The quantitative estimate of drug-likeness (QED) is 0.886. The summed E-state index contributed by atoms with van der Waals surface area (Å²) in [5, 5.41) is 7.30. The number of hydrogen-bond donors (Lipinski definition) is 1. The van der Waals surface area contributed by atoms with Crippen LogP contribution in [-0.4, -0.2) is 45.6 Å². The molecule has 0 spiro atoms. The molecule has 1 atom stereocenters. The highest BCUT2D eigenvalue weighted by Gasteiger charge is 2.32. The summed E-state index contributed by atoms with van der Waals surface area (Å²) < 4.78 is 1.85. The zero-order valence-corrected chi connectivity index (χ0v) is 15.7. The van der Waals surface area contributed by atoms with E-state index in [1.54, 1.807) is 4.90 Å². The van der Waals surface area contributed by atoms with Crippen molar-refractivity contribution in [3.05, 3.63) is 52.8 Å². The lowest BCUT2D eigenvalue weighted by Crippen LogP contribution is -2.58. The number of aromatic nitrogens is 2. The molecule has 1 aromatic heterocycles. The molecule has 0 unspecified atom stereocenters. The minimum absolute atomic E-state index is 0.0310. The number of carbonyl (C=O) groups excluding carboxylic acids is 2. The third kappa shape index (κ3) is 3.79. The van der Waals surface area contributed by atoms with E-state index in [4.69, 9.17) is 0 Å². The molecule has 0 aliphatic carbocycles. The standard InChI is InChI=1S/C20H26N4O2/c1-14-17(15(2)23(3)22-14)9-10-19(25)24-12-11-21-20(26)18(24)13-16-7-5-4-6-8-16/h4-8,18H,9-13H2,1-3H3,(H,21,26)/t18-/m1/s1. The van der Waals surface area contributed by atoms with Gasteiger partial charge < -0.3 is 10.2 Å². The predicted molar refractivity (Wildman–Crippen MR) is 99.7 cm³/mol. The van der Waals surface area contributed by atoms with Crippen LogP contribution in [0.15, 0.2) is 30.3 Å². The summed E-state index contributed by atoms with van der Waals surface area (Å²) >= 11 is 0. The minimum atomic E-state index is -0.435.